The Morgan fingerprint density at radius 1 is 1.00 bits per heavy atom. The Kier molecular flexibility index (Phi) is 6.33. The number of hydrogen-bond donors (Lipinski definition) is 3. The molecule has 24 heavy (non-hydrogen) atoms. The molecular weight excluding hydrogens is 306 g/mol. The summed E-state index contributed by atoms with van der Waals surface area (Å²) in [7, 11) is 3.54. The average Bonchev–Trinajstić information content (AvgIpc) is 2.61. The molecule has 0 spiro atoms. The van der Waals surface area contributed by atoms with E-state index in [0.29, 0.717) is 12.1 Å². The van der Waals surface area contributed by atoms with Crippen LogP contribution in [0.5, 0.6) is 5.75 Å². The molecule has 0 aromatic heterocycles. The largest absolute Gasteiger partial charge is 0.497 e. The van der Waals surface area contributed by atoms with Crippen molar-refractivity contribution in [2.24, 2.45) is 0 Å². The standard InChI is InChI=1S/C18H21N3O3/c1-21(12-14-8-10-16(24-2)11-9-14)13-17(22)19-20-18(23)15-6-4-3-5-7-15/h3-11H,12-13H2,1-2H3,(H,19,22)(H,20,23)/p+1. The molecule has 0 saturated carbocycles. The molecule has 2 rings (SSSR count). The maximum absolute atomic E-state index is 11.9. The van der Waals surface area contributed by atoms with Gasteiger partial charge in [-0.3, -0.25) is 20.4 Å². The number of rotatable bonds is 6. The monoisotopic (exact) mass is 328 g/mol. The van der Waals surface area contributed by atoms with Gasteiger partial charge < -0.3 is 9.64 Å². The highest BCUT2D eigenvalue weighted by atomic mass is 16.5. The van der Waals surface area contributed by atoms with Gasteiger partial charge >= 0.3 is 0 Å². The van der Waals surface area contributed by atoms with Crippen LogP contribution in [-0.2, 0) is 11.3 Å². The number of quaternary nitrogens is 1. The quantitative estimate of drug-likeness (QED) is 0.662. The summed E-state index contributed by atoms with van der Waals surface area (Å²) in [6, 6.07) is 16.4. The predicted octanol–water partition coefficient (Wildman–Crippen LogP) is 0.171. The van der Waals surface area contributed by atoms with E-state index < -0.39 is 0 Å². The average molecular weight is 328 g/mol. The molecule has 1 unspecified atom stereocenters. The van der Waals surface area contributed by atoms with Crippen molar-refractivity contribution in [2.45, 2.75) is 6.54 Å². The lowest BCUT2D eigenvalue weighted by Crippen LogP contribution is -3.09. The van der Waals surface area contributed by atoms with Crippen molar-refractivity contribution in [3.8, 4) is 5.75 Å². The molecule has 1 atom stereocenters. The molecular formula is C18H22N3O3+. The number of ether oxygens (including phenoxy) is 1. The van der Waals surface area contributed by atoms with Gasteiger partial charge in [0.05, 0.1) is 14.2 Å². The Balaban J connectivity index is 1.75. The molecule has 0 fully saturated rings. The Hall–Kier alpha value is -2.86. The molecule has 0 heterocycles. The minimum absolute atomic E-state index is 0.245. The molecule has 0 radical (unpaired) electrons. The molecule has 2 amide bonds. The smallest absolute Gasteiger partial charge is 0.293 e. The highest BCUT2D eigenvalue weighted by molar-refractivity contribution is 5.95. The van der Waals surface area contributed by atoms with Crippen LogP contribution in [0, 0.1) is 0 Å². The topological polar surface area (TPSA) is 71.9 Å². The fraction of sp³-hybridized carbons (Fsp3) is 0.222. The Bertz CT molecular complexity index is 672. The normalized spacial score (nSPS) is 11.4. The van der Waals surface area contributed by atoms with Gasteiger partial charge in [-0.1, -0.05) is 18.2 Å². The zero-order valence-corrected chi connectivity index (χ0v) is 13.8. The van der Waals surface area contributed by atoms with E-state index in [1.54, 1.807) is 31.4 Å². The van der Waals surface area contributed by atoms with Gasteiger partial charge in [0.25, 0.3) is 11.8 Å². The molecule has 6 nitrogen and oxygen atoms in total. The zero-order valence-electron chi connectivity index (χ0n) is 13.8. The summed E-state index contributed by atoms with van der Waals surface area (Å²) >= 11 is 0. The van der Waals surface area contributed by atoms with E-state index in [1.807, 2.05) is 37.4 Å². The fourth-order valence-corrected chi connectivity index (χ4v) is 2.26. The number of benzene rings is 2. The first-order chi connectivity index (χ1) is 11.6. The predicted molar refractivity (Wildman–Crippen MR) is 90.5 cm³/mol. The van der Waals surface area contributed by atoms with Gasteiger partial charge in [-0.2, -0.15) is 0 Å². The third kappa shape index (κ3) is 5.40. The van der Waals surface area contributed by atoms with Gasteiger partial charge in [0.2, 0.25) is 0 Å². The number of nitrogens with one attached hydrogen (secondary N) is 3. The van der Waals surface area contributed by atoms with E-state index in [-0.39, 0.29) is 18.4 Å². The van der Waals surface area contributed by atoms with Crippen LogP contribution in [0.1, 0.15) is 15.9 Å². The molecule has 0 aliphatic heterocycles. The van der Waals surface area contributed by atoms with Crippen LogP contribution >= 0.6 is 0 Å². The van der Waals surface area contributed by atoms with Crippen molar-refractivity contribution in [3.05, 3.63) is 65.7 Å². The summed E-state index contributed by atoms with van der Waals surface area (Å²) in [4.78, 5) is 24.8. The second kappa shape index (κ2) is 8.69. The lowest BCUT2D eigenvalue weighted by Gasteiger charge is -2.14. The third-order valence-corrected chi connectivity index (χ3v) is 3.48. The van der Waals surface area contributed by atoms with Gasteiger partial charge in [0.15, 0.2) is 6.54 Å². The zero-order chi connectivity index (χ0) is 17.4. The number of amides is 2. The summed E-state index contributed by atoms with van der Waals surface area (Å²) < 4.78 is 5.12. The molecule has 0 saturated heterocycles. The van der Waals surface area contributed by atoms with Crippen LogP contribution in [0.15, 0.2) is 54.6 Å². The number of carbonyl (C=O) groups is 2. The molecule has 6 heteroatoms. The van der Waals surface area contributed by atoms with E-state index in [4.69, 9.17) is 4.74 Å². The van der Waals surface area contributed by atoms with Gasteiger partial charge in [0, 0.05) is 11.1 Å². The van der Waals surface area contributed by atoms with Gasteiger partial charge in [-0.05, 0) is 36.4 Å². The van der Waals surface area contributed by atoms with Crippen molar-refractivity contribution >= 4 is 11.8 Å². The van der Waals surface area contributed by atoms with Crippen LogP contribution in [0.4, 0.5) is 0 Å². The van der Waals surface area contributed by atoms with Gasteiger partial charge in [0.1, 0.15) is 12.3 Å². The van der Waals surface area contributed by atoms with Gasteiger partial charge in [-0.15, -0.1) is 0 Å². The molecule has 126 valence electrons. The van der Waals surface area contributed by atoms with Crippen molar-refractivity contribution in [3.63, 3.8) is 0 Å². The number of hydrazine groups is 1. The Morgan fingerprint density at radius 2 is 1.67 bits per heavy atom. The summed E-state index contributed by atoms with van der Waals surface area (Å²) in [5, 5.41) is 0. The van der Waals surface area contributed by atoms with E-state index in [9.17, 15) is 9.59 Å². The summed E-state index contributed by atoms with van der Waals surface area (Å²) in [6.45, 7) is 0.950. The number of likely N-dealkylation sites (N-methyl/N-ethyl adjacent to an activating group) is 1. The molecule has 2 aromatic carbocycles. The number of hydrogen-bond acceptors (Lipinski definition) is 3. The van der Waals surface area contributed by atoms with Crippen LogP contribution in [0.3, 0.4) is 0 Å². The van der Waals surface area contributed by atoms with Crippen molar-refractivity contribution < 1.29 is 19.2 Å². The van der Waals surface area contributed by atoms with Crippen LogP contribution < -0.4 is 20.5 Å². The first kappa shape index (κ1) is 17.5. The fourth-order valence-electron chi connectivity index (χ4n) is 2.26. The van der Waals surface area contributed by atoms with Crippen LogP contribution in [0.2, 0.25) is 0 Å². The van der Waals surface area contributed by atoms with E-state index >= 15 is 0 Å². The molecule has 3 N–H and O–H groups in total. The lowest BCUT2D eigenvalue weighted by atomic mass is 10.2. The summed E-state index contributed by atoms with van der Waals surface area (Å²) in [5.74, 6) is 0.222. The lowest BCUT2D eigenvalue weighted by molar-refractivity contribution is -0.885. The Labute approximate surface area is 141 Å². The molecule has 2 aromatic rings. The molecule has 0 bridgehead atoms. The number of carbonyl (C=O) groups excluding carboxylic acids is 2. The maximum atomic E-state index is 11.9. The minimum atomic E-state index is -0.336. The Morgan fingerprint density at radius 3 is 2.29 bits per heavy atom. The third-order valence-electron chi connectivity index (χ3n) is 3.48. The SMILES string of the molecule is COc1ccc(C[NH+](C)CC(=O)NNC(=O)c2ccccc2)cc1. The van der Waals surface area contributed by atoms with Crippen molar-refractivity contribution in [2.75, 3.05) is 20.7 Å². The van der Waals surface area contributed by atoms with E-state index in [2.05, 4.69) is 10.9 Å². The second-order valence-electron chi connectivity index (χ2n) is 5.53. The second-order valence-corrected chi connectivity index (χ2v) is 5.53. The van der Waals surface area contributed by atoms with E-state index in [0.717, 1.165) is 16.2 Å². The van der Waals surface area contributed by atoms with Crippen molar-refractivity contribution in [1.29, 1.82) is 0 Å². The van der Waals surface area contributed by atoms with Crippen LogP contribution in [0.25, 0.3) is 0 Å². The maximum Gasteiger partial charge on any atom is 0.293 e. The highest BCUT2D eigenvalue weighted by Gasteiger charge is 2.12. The highest BCUT2D eigenvalue weighted by Crippen LogP contribution is 2.10. The number of methoxy groups -OCH3 is 1. The van der Waals surface area contributed by atoms with Crippen LogP contribution in [-0.4, -0.2) is 32.5 Å². The minimum Gasteiger partial charge on any atom is -0.497 e. The molecule has 0 aliphatic rings. The summed E-state index contributed by atoms with van der Waals surface area (Å²) in [6.07, 6.45) is 0. The van der Waals surface area contributed by atoms with Gasteiger partial charge in [-0.25, -0.2) is 0 Å². The first-order valence-electron chi connectivity index (χ1n) is 7.67. The first-order valence-corrected chi connectivity index (χ1v) is 7.67. The summed E-state index contributed by atoms with van der Waals surface area (Å²) in [5.41, 5.74) is 6.45. The molecule has 0 aliphatic carbocycles. The van der Waals surface area contributed by atoms with Crippen molar-refractivity contribution in [1.82, 2.24) is 10.9 Å². The van der Waals surface area contributed by atoms with E-state index in [1.165, 1.54) is 0 Å².